The standard InChI is InChI=1S/C22H28N4O3S/c1-4-28-19-13-16(9-10-18(19)27-3)7-5-11-24-22(23-2)25-14-17-15-29-21(26-17)20-8-6-12-30-20/h6,8-10,12-13,15H,4-5,7,11,14H2,1-3H3,(H2,23,24,25). The van der Waals surface area contributed by atoms with Crippen LogP contribution in [0.5, 0.6) is 11.5 Å². The smallest absolute Gasteiger partial charge is 0.236 e. The SMILES string of the molecule is CCOc1cc(CCCNC(=NC)NCc2coc(-c3cccs3)n2)ccc1OC. The average molecular weight is 429 g/mol. The van der Waals surface area contributed by atoms with Crippen molar-refractivity contribution < 1.29 is 13.9 Å². The van der Waals surface area contributed by atoms with E-state index in [-0.39, 0.29) is 0 Å². The summed E-state index contributed by atoms with van der Waals surface area (Å²) in [5, 5.41) is 8.61. The normalized spacial score (nSPS) is 11.4. The number of hydrogen-bond acceptors (Lipinski definition) is 6. The Hall–Kier alpha value is -3.00. The molecule has 0 amide bonds. The van der Waals surface area contributed by atoms with Crippen LogP contribution < -0.4 is 20.1 Å². The van der Waals surface area contributed by atoms with Crippen LogP contribution in [0.25, 0.3) is 10.8 Å². The Labute approximate surface area is 181 Å². The van der Waals surface area contributed by atoms with Crippen LogP contribution in [0.3, 0.4) is 0 Å². The Bertz CT molecular complexity index is 938. The van der Waals surface area contributed by atoms with E-state index >= 15 is 0 Å². The number of guanidine groups is 1. The van der Waals surface area contributed by atoms with Crippen molar-refractivity contribution in [2.75, 3.05) is 27.3 Å². The van der Waals surface area contributed by atoms with E-state index in [4.69, 9.17) is 13.9 Å². The number of rotatable bonds is 10. The van der Waals surface area contributed by atoms with E-state index < -0.39 is 0 Å². The molecule has 2 N–H and O–H groups in total. The zero-order valence-electron chi connectivity index (χ0n) is 17.6. The van der Waals surface area contributed by atoms with Gasteiger partial charge in [0, 0.05) is 13.6 Å². The number of ether oxygens (including phenoxy) is 2. The summed E-state index contributed by atoms with van der Waals surface area (Å²) in [7, 11) is 3.41. The molecule has 2 heterocycles. The number of methoxy groups -OCH3 is 1. The fourth-order valence-electron chi connectivity index (χ4n) is 2.94. The van der Waals surface area contributed by atoms with Gasteiger partial charge in [-0.05, 0) is 48.9 Å². The van der Waals surface area contributed by atoms with Crippen LogP contribution in [0.2, 0.25) is 0 Å². The van der Waals surface area contributed by atoms with Crippen LogP contribution >= 0.6 is 11.3 Å². The molecule has 1 aromatic carbocycles. The Morgan fingerprint density at radius 3 is 2.87 bits per heavy atom. The van der Waals surface area contributed by atoms with Gasteiger partial charge in [-0.3, -0.25) is 4.99 Å². The molecule has 0 saturated carbocycles. The fraction of sp³-hybridized carbons (Fsp3) is 0.364. The molecule has 8 heteroatoms. The van der Waals surface area contributed by atoms with E-state index in [1.54, 1.807) is 31.8 Å². The van der Waals surface area contributed by atoms with E-state index in [9.17, 15) is 0 Å². The summed E-state index contributed by atoms with van der Waals surface area (Å²) in [6.07, 6.45) is 3.57. The van der Waals surface area contributed by atoms with Crippen molar-refractivity contribution >= 4 is 17.3 Å². The van der Waals surface area contributed by atoms with Crippen molar-refractivity contribution in [2.24, 2.45) is 4.99 Å². The van der Waals surface area contributed by atoms with Crippen LogP contribution in [-0.4, -0.2) is 38.3 Å². The van der Waals surface area contributed by atoms with Gasteiger partial charge >= 0.3 is 0 Å². The van der Waals surface area contributed by atoms with Crippen LogP contribution in [0.15, 0.2) is 51.4 Å². The molecule has 30 heavy (non-hydrogen) atoms. The van der Waals surface area contributed by atoms with Gasteiger partial charge in [-0.1, -0.05) is 12.1 Å². The molecule has 0 aliphatic rings. The van der Waals surface area contributed by atoms with E-state index in [0.717, 1.165) is 47.4 Å². The van der Waals surface area contributed by atoms with Crippen molar-refractivity contribution in [3.05, 3.63) is 53.2 Å². The molecule has 7 nitrogen and oxygen atoms in total. The number of benzene rings is 1. The molecular weight excluding hydrogens is 400 g/mol. The highest BCUT2D eigenvalue weighted by Crippen LogP contribution is 2.28. The minimum atomic E-state index is 0.546. The average Bonchev–Trinajstić information content (AvgIpc) is 3.45. The Kier molecular flexibility index (Phi) is 8.14. The summed E-state index contributed by atoms with van der Waals surface area (Å²) < 4.78 is 16.5. The van der Waals surface area contributed by atoms with Gasteiger partial charge in [-0.25, -0.2) is 4.98 Å². The van der Waals surface area contributed by atoms with E-state index in [1.807, 2.05) is 36.6 Å². The van der Waals surface area contributed by atoms with Gasteiger partial charge in [0.05, 0.1) is 30.8 Å². The van der Waals surface area contributed by atoms with Gasteiger partial charge < -0.3 is 24.5 Å². The first kappa shape index (κ1) is 21.7. The molecule has 2 aromatic heterocycles. The molecule has 0 fully saturated rings. The van der Waals surface area contributed by atoms with Crippen molar-refractivity contribution in [3.8, 4) is 22.3 Å². The molecule has 3 rings (SSSR count). The molecule has 160 valence electrons. The Morgan fingerprint density at radius 1 is 1.23 bits per heavy atom. The molecular formula is C22H28N4O3S. The number of nitrogens with zero attached hydrogens (tertiary/aromatic N) is 2. The molecule has 0 saturated heterocycles. The molecule has 0 bridgehead atoms. The highest BCUT2D eigenvalue weighted by molar-refractivity contribution is 7.13. The van der Waals surface area contributed by atoms with Crippen LogP contribution in [0.4, 0.5) is 0 Å². The third-order valence-electron chi connectivity index (χ3n) is 4.41. The predicted molar refractivity (Wildman–Crippen MR) is 121 cm³/mol. The van der Waals surface area contributed by atoms with Gasteiger partial charge in [-0.2, -0.15) is 0 Å². The van der Waals surface area contributed by atoms with Crippen molar-refractivity contribution in [1.82, 2.24) is 15.6 Å². The van der Waals surface area contributed by atoms with Crippen LogP contribution in [0, 0.1) is 0 Å². The highest BCUT2D eigenvalue weighted by atomic mass is 32.1. The second-order valence-electron chi connectivity index (χ2n) is 6.50. The number of aryl methyl sites for hydroxylation is 1. The lowest BCUT2D eigenvalue weighted by molar-refractivity contribution is 0.310. The van der Waals surface area contributed by atoms with Crippen molar-refractivity contribution in [1.29, 1.82) is 0 Å². The third-order valence-corrected chi connectivity index (χ3v) is 5.26. The molecule has 0 spiro atoms. The van der Waals surface area contributed by atoms with E-state index in [2.05, 4.69) is 26.7 Å². The summed E-state index contributed by atoms with van der Waals surface area (Å²) in [5.74, 6) is 2.94. The first-order valence-electron chi connectivity index (χ1n) is 9.96. The minimum Gasteiger partial charge on any atom is -0.493 e. The van der Waals surface area contributed by atoms with Gasteiger partial charge in [-0.15, -0.1) is 11.3 Å². The van der Waals surface area contributed by atoms with Crippen LogP contribution in [-0.2, 0) is 13.0 Å². The molecule has 0 unspecified atom stereocenters. The third kappa shape index (κ3) is 6.00. The number of oxazole rings is 1. The maximum Gasteiger partial charge on any atom is 0.236 e. The lowest BCUT2D eigenvalue weighted by Crippen LogP contribution is -2.37. The predicted octanol–water partition coefficient (Wildman–Crippen LogP) is 4.11. The lowest BCUT2D eigenvalue weighted by atomic mass is 10.1. The van der Waals surface area contributed by atoms with E-state index in [0.29, 0.717) is 19.0 Å². The molecule has 3 aromatic rings. The summed E-state index contributed by atoms with van der Waals surface area (Å²) in [4.78, 5) is 9.80. The summed E-state index contributed by atoms with van der Waals surface area (Å²) >= 11 is 1.61. The quantitative estimate of drug-likeness (QED) is 0.287. The molecule has 0 aliphatic carbocycles. The number of aromatic nitrogens is 1. The highest BCUT2D eigenvalue weighted by Gasteiger charge is 2.08. The van der Waals surface area contributed by atoms with Gasteiger partial charge in [0.25, 0.3) is 0 Å². The zero-order chi connectivity index (χ0) is 21.2. The fourth-order valence-corrected chi connectivity index (χ4v) is 3.60. The zero-order valence-corrected chi connectivity index (χ0v) is 18.4. The maximum absolute atomic E-state index is 5.65. The largest absolute Gasteiger partial charge is 0.493 e. The van der Waals surface area contributed by atoms with Gasteiger partial charge in [0.15, 0.2) is 17.5 Å². The Morgan fingerprint density at radius 2 is 2.13 bits per heavy atom. The minimum absolute atomic E-state index is 0.546. The topological polar surface area (TPSA) is 80.9 Å². The number of aliphatic imine (C=N–C) groups is 1. The van der Waals surface area contributed by atoms with Crippen molar-refractivity contribution in [2.45, 2.75) is 26.3 Å². The molecule has 0 atom stereocenters. The summed E-state index contributed by atoms with van der Waals surface area (Å²) in [6, 6.07) is 10.1. The Balaban J connectivity index is 1.42. The molecule has 0 radical (unpaired) electrons. The van der Waals surface area contributed by atoms with Crippen molar-refractivity contribution in [3.63, 3.8) is 0 Å². The molecule has 0 aliphatic heterocycles. The van der Waals surface area contributed by atoms with Gasteiger partial charge in [0.2, 0.25) is 5.89 Å². The first-order valence-corrected chi connectivity index (χ1v) is 10.8. The lowest BCUT2D eigenvalue weighted by Gasteiger charge is -2.12. The first-order chi connectivity index (χ1) is 14.7. The number of nitrogens with one attached hydrogen (secondary N) is 2. The summed E-state index contributed by atoms with van der Waals surface area (Å²) in [6.45, 7) is 3.93. The number of hydrogen-bond donors (Lipinski definition) is 2. The maximum atomic E-state index is 5.65. The van der Waals surface area contributed by atoms with Gasteiger partial charge in [0.1, 0.15) is 6.26 Å². The summed E-state index contributed by atoms with van der Waals surface area (Å²) in [5.41, 5.74) is 2.05. The van der Waals surface area contributed by atoms with Crippen LogP contribution in [0.1, 0.15) is 24.6 Å². The monoisotopic (exact) mass is 428 g/mol. The van der Waals surface area contributed by atoms with E-state index in [1.165, 1.54) is 5.56 Å². The second-order valence-corrected chi connectivity index (χ2v) is 7.44. The number of thiophene rings is 1. The second kappa shape index (κ2) is 11.3.